The molecule has 7 nitrogen and oxygen atoms in total. The van der Waals surface area contributed by atoms with Crippen molar-refractivity contribution in [2.75, 3.05) is 19.6 Å². The van der Waals surface area contributed by atoms with Crippen LogP contribution in [-0.4, -0.2) is 53.6 Å². The Labute approximate surface area is 111 Å². The topological polar surface area (TPSA) is 98.7 Å². The standard InChI is InChI=1S/C12H19N3O4/c1-2-3-4-5-14-12(19)15-7-6-13-11(18)9(15)8-10(16)17/h2-3,9H,4-8H2,1H3,(H,13,18)(H,14,19)(H,16,17)/b3-2+. The number of hydrogen-bond donors (Lipinski definition) is 3. The van der Waals surface area contributed by atoms with Crippen LogP contribution in [0.4, 0.5) is 4.79 Å². The van der Waals surface area contributed by atoms with Crippen LogP contribution in [0.15, 0.2) is 12.2 Å². The summed E-state index contributed by atoms with van der Waals surface area (Å²) >= 11 is 0. The third kappa shape index (κ3) is 4.61. The zero-order valence-corrected chi connectivity index (χ0v) is 10.9. The van der Waals surface area contributed by atoms with E-state index in [1.165, 1.54) is 4.90 Å². The molecule has 3 N–H and O–H groups in total. The number of nitrogens with one attached hydrogen (secondary N) is 2. The first kappa shape index (κ1) is 15.0. The summed E-state index contributed by atoms with van der Waals surface area (Å²) in [5.41, 5.74) is 0. The van der Waals surface area contributed by atoms with E-state index in [4.69, 9.17) is 5.11 Å². The lowest BCUT2D eigenvalue weighted by Gasteiger charge is -2.34. The van der Waals surface area contributed by atoms with E-state index in [1.54, 1.807) is 0 Å². The molecule has 1 saturated heterocycles. The Bertz CT molecular complexity index is 381. The smallest absolute Gasteiger partial charge is 0.318 e. The second-order valence-electron chi connectivity index (χ2n) is 4.19. The van der Waals surface area contributed by atoms with Crippen LogP contribution >= 0.6 is 0 Å². The Hall–Kier alpha value is -2.05. The number of carboxylic acid groups (broad SMARTS) is 1. The van der Waals surface area contributed by atoms with E-state index < -0.39 is 23.9 Å². The fourth-order valence-electron chi connectivity index (χ4n) is 1.86. The molecule has 0 spiro atoms. The van der Waals surface area contributed by atoms with Crippen molar-refractivity contribution in [3.63, 3.8) is 0 Å². The molecule has 0 saturated carbocycles. The van der Waals surface area contributed by atoms with E-state index in [2.05, 4.69) is 10.6 Å². The van der Waals surface area contributed by atoms with Crippen molar-refractivity contribution in [1.82, 2.24) is 15.5 Å². The van der Waals surface area contributed by atoms with E-state index in [9.17, 15) is 14.4 Å². The molecule has 1 aliphatic heterocycles. The first-order valence-electron chi connectivity index (χ1n) is 6.21. The molecule has 3 amide bonds. The number of carbonyl (C=O) groups excluding carboxylic acids is 2. The van der Waals surface area contributed by atoms with Crippen molar-refractivity contribution in [3.05, 3.63) is 12.2 Å². The molecule has 0 radical (unpaired) electrons. The highest BCUT2D eigenvalue weighted by Crippen LogP contribution is 2.09. The summed E-state index contributed by atoms with van der Waals surface area (Å²) in [7, 11) is 0. The Morgan fingerprint density at radius 2 is 2.32 bits per heavy atom. The van der Waals surface area contributed by atoms with Gasteiger partial charge in [-0.05, 0) is 13.3 Å². The number of nitrogens with zero attached hydrogens (tertiary/aromatic N) is 1. The van der Waals surface area contributed by atoms with Crippen molar-refractivity contribution < 1.29 is 19.5 Å². The normalized spacial score (nSPS) is 19.3. The molecule has 0 aromatic rings. The highest BCUT2D eigenvalue weighted by molar-refractivity contribution is 5.91. The Kier molecular flexibility index (Phi) is 5.84. The van der Waals surface area contributed by atoms with Gasteiger partial charge in [0.15, 0.2) is 0 Å². The second kappa shape index (κ2) is 7.40. The molecular formula is C12H19N3O4. The first-order chi connectivity index (χ1) is 9.06. The molecule has 1 aliphatic rings. The Balaban J connectivity index is 2.58. The van der Waals surface area contributed by atoms with Gasteiger partial charge in [0.25, 0.3) is 0 Å². The number of hydrogen-bond acceptors (Lipinski definition) is 3. The maximum Gasteiger partial charge on any atom is 0.318 e. The van der Waals surface area contributed by atoms with Gasteiger partial charge in [0.2, 0.25) is 5.91 Å². The third-order valence-electron chi connectivity index (χ3n) is 2.78. The summed E-state index contributed by atoms with van der Waals surface area (Å²) < 4.78 is 0. The Morgan fingerprint density at radius 1 is 1.58 bits per heavy atom. The molecule has 1 rings (SSSR count). The molecule has 19 heavy (non-hydrogen) atoms. The van der Waals surface area contributed by atoms with Gasteiger partial charge >= 0.3 is 12.0 Å². The number of carboxylic acids is 1. The average Bonchev–Trinajstić information content (AvgIpc) is 2.36. The minimum atomic E-state index is -1.10. The highest BCUT2D eigenvalue weighted by atomic mass is 16.4. The van der Waals surface area contributed by atoms with E-state index in [0.717, 1.165) is 0 Å². The second-order valence-corrected chi connectivity index (χ2v) is 4.19. The zero-order valence-electron chi connectivity index (χ0n) is 10.9. The molecule has 1 fully saturated rings. The van der Waals surface area contributed by atoms with Crippen LogP contribution < -0.4 is 10.6 Å². The Morgan fingerprint density at radius 3 is 2.95 bits per heavy atom. The molecule has 1 heterocycles. The van der Waals surface area contributed by atoms with Gasteiger partial charge in [-0.2, -0.15) is 0 Å². The number of aliphatic carboxylic acids is 1. The minimum Gasteiger partial charge on any atom is -0.481 e. The van der Waals surface area contributed by atoms with Gasteiger partial charge in [-0.3, -0.25) is 9.59 Å². The fraction of sp³-hybridized carbons (Fsp3) is 0.583. The number of rotatable bonds is 5. The van der Waals surface area contributed by atoms with Crippen LogP contribution in [0.1, 0.15) is 19.8 Å². The molecule has 0 aromatic carbocycles. The molecule has 0 bridgehead atoms. The van der Waals surface area contributed by atoms with Crippen molar-refractivity contribution >= 4 is 17.9 Å². The monoisotopic (exact) mass is 269 g/mol. The van der Waals surface area contributed by atoms with E-state index >= 15 is 0 Å². The fourth-order valence-corrected chi connectivity index (χ4v) is 1.86. The number of amides is 3. The number of urea groups is 1. The summed E-state index contributed by atoms with van der Waals surface area (Å²) in [5, 5.41) is 14.0. The van der Waals surface area contributed by atoms with E-state index in [0.29, 0.717) is 26.1 Å². The van der Waals surface area contributed by atoms with Crippen LogP contribution in [0.3, 0.4) is 0 Å². The van der Waals surface area contributed by atoms with Crippen molar-refractivity contribution in [2.24, 2.45) is 0 Å². The van der Waals surface area contributed by atoms with Crippen molar-refractivity contribution in [2.45, 2.75) is 25.8 Å². The molecule has 106 valence electrons. The van der Waals surface area contributed by atoms with Gasteiger partial charge in [0.1, 0.15) is 6.04 Å². The van der Waals surface area contributed by atoms with Crippen LogP contribution in [0.2, 0.25) is 0 Å². The molecular weight excluding hydrogens is 250 g/mol. The molecule has 1 atom stereocenters. The van der Waals surface area contributed by atoms with Crippen LogP contribution in [0, 0.1) is 0 Å². The predicted molar refractivity (Wildman–Crippen MR) is 68.6 cm³/mol. The third-order valence-corrected chi connectivity index (χ3v) is 2.78. The molecule has 1 unspecified atom stereocenters. The van der Waals surface area contributed by atoms with Crippen molar-refractivity contribution in [3.8, 4) is 0 Å². The van der Waals surface area contributed by atoms with Crippen LogP contribution in [-0.2, 0) is 9.59 Å². The highest BCUT2D eigenvalue weighted by Gasteiger charge is 2.34. The lowest BCUT2D eigenvalue weighted by atomic mass is 10.1. The van der Waals surface area contributed by atoms with Gasteiger partial charge in [0.05, 0.1) is 6.42 Å². The number of allylic oxidation sites excluding steroid dienone is 1. The molecule has 0 aliphatic carbocycles. The quantitative estimate of drug-likeness (QED) is 0.481. The summed E-state index contributed by atoms with van der Waals surface area (Å²) in [6, 6.07) is -1.33. The lowest BCUT2D eigenvalue weighted by Crippen LogP contribution is -2.60. The minimum absolute atomic E-state index is 0.319. The van der Waals surface area contributed by atoms with E-state index in [1.807, 2.05) is 19.1 Å². The SMILES string of the molecule is C/C=C/CCNC(=O)N1CCNC(=O)C1CC(=O)O. The molecule has 0 aromatic heterocycles. The van der Waals surface area contributed by atoms with Gasteiger partial charge < -0.3 is 20.6 Å². The van der Waals surface area contributed by atoms with E-state index in [-0.39, 0.29) is 6.42 Å². The summed E-state index contributed by atoms with van der Waals surface area (Å²) in [4.78, 5) is 35.5. The summed E-state index contributed by atoms with van der Waals surface area (Å²) in [6.45, 7) is 3.01. The first-order valence-corrected chi connectivity index (χ1v) is 6.21. The van der Waals surface area contributed by atoms with Crippen molar-refractivity contribution in [1.29, 1.82) is 0 Å². The summed E-state index contributed by atoms with van der Waals surface area (Å²) in [6.07, 6.45) is 4.12. The summed E-state index contributed by atoms with van der Waals surface area (Å²) in [5.74, 6) is -1.52. The number of carbonyl (C=O) groups is 3. The van der Waals surface area contributed by atoms with Gasteiger partial charge in [-0.25, -0.2) is 4.79 Å². The predicted octanol–water partition coefficient (Wildman–Crippen LogP) is -0.0627. The van der Waals surface area contributed by atoms with Crippen LogP contribution in [0.25, 0.3) is 0 Å². The zero-order chi connectivity index (χ0) is 14.3. The largest absolute Gasteiger partial charge is 0.481 e. The maximum atomic E-state index is 11.9. The van der Waals surface area contributed by atoms with Gasteiger partial charge in [-0.15, -0.1) is 0 Å². The lowest BCUT2D eigenvalue weighted by molar-refractivity contribution is -0.142. The average molecular weight is 269 g/mol. The van der Waals surface area contributed by atoms with Gasteiger partial charge in [-0.1, -0.05) is 12.2 Å². The molecule has 7 heteroatoms. The van der Waals surface area contributed by atoms with Gasteiger partial charge in [0, 0.05) is 19.6 Å². The maximum absolute atomic E-state index is 11.9. The number of piperazine rings is 1. The van der Waals surface area contributed by atoms with Crippen LogP contribution in [0.5, 0.6) is 0 Å².